The van der Waals surface area contributed by atoms with E-state index in [9.17, 15) is 0 Å². The second-order valence-electron chi connectivity index (χ2n) is 1.84. The van der Waals surface area contributed by atoms with Gasteiger partial charge >= 0.3 is 0 Å². The molecule has 0 aromatic rings. The standard InChI is InChI=1S/C7H12N2/c1-4-5-6(2)9-7(3)8/h4-5,8H,1-3H3/b5-4-,8-7?,9-6?. The highest BCUT2D eigenvalue weighted by molar-refractivity contribution is 6.00. The zero-order valence-corrected chi connectivity index (χ0v) is 6.10. The molecular weight excluding hydrogens is 112 g/mol. The molecule has 0 saturated heterocycles. The fourth-order valence-corrected chi connectivity index (χ4v) is 0.543. The van der Waals surface area contributed by atoms with Gasteiger partial charge in [-0.1, -0.05) is 6.08 Å². The lowest BCUT2D eigenvalue weighted by molar-refractivity contribution is 1.41. The van der Waals surface area contributed by atoms with E-state index >= 15 is 0 Å². The minimum absolute atomic E-state index is 0.352. The molecule has 0 aliphatic heterocycles. The van der Waals surface area contributed by atoms with Crippen LogP contribution in [-0.4, -0.2) is 11.5 Å². The van der Waals surface area contributed by atoms with Crippen molar-refractivity contribution in [2.24, 2.45) is 4.99 Å². The maximum absolute atomic E-state index is 6.98. The van der Waals surface area contributed by atoms with E-state index in [1.165, 1.54) is 0 Å². The predicted octanol–water partition coefficient (Wildman–Crippen LogP) is 2.02. The number of aliphatic imine (C=N–C) groups is 1. The summed E-state index contributed by atoms with van der Waals surface area (Å²) in [6.07, 6.45) is 3.78. The van der Waals surface area contributed by atoms with E-state index in [4.69, 9.17) is 5.41 Å². The van der Waals surface area contributed by atoms with Gasteiger partial charge in [0, 0.05) is 5.71 Å². The first-order valence-electron chi connectivity index (χ1n) is 2.90. The summed E-state index contributed by atoms with van der Waals surface area (Å²) in [5, 5.41) is 6.98. The van der Waals surface area contributed by atoms with Crippen LogP contribution in [0, 0.1) is 5.41 Å². The van der Waals surface area contributed by atoms with Gasteiger partial charge in [0.1, 0.15) is 5.84 Å². The first-order valence-corrected chi connectivity index (χ1v) is 2.90. The third-order valence-electron chi connectivity index (χ3n) is 0.752. The van der Waals surface area contributed by atoms with Crippen LogP contribution in [0.4, 0.5) is 0 Å². The minimum Gasteiger partial charge on any atom is -0.287 e. The monoisotopic (exact) mass is 124 g/mol. The molecule has 2 heteroatoms. The second-order valence-corrected chi connectivity index (χ2v) is 1.84. The minimum atomic E-state index is 0.352. The van der Waals surface area contributed by atoms with Crippen molar-refractivity contribution in [3.63, 3.8) is 0 Å². The van der Waals surface area contributed by atoms with Crippen LogP contribution in [0.3, 0.4) is 0 Å². The van der Waals surface area contributed by atoms with Crippen molar-refractivity contribution in [2.45, 2.75) is 20.8 Å². The Morgan fingerprint density at radius 1 is 1.44 bits per heavy atom. The Hall–Kier alpha value is -0.920. The van der Waals surface area contributed by atoms with Crippen LogP contribution in [0.5, 0.6) is 0 Å². The molecule has 0 rings (SSSR count). The van der Waals surface area contributed by atoms with Crippen LogP contribution in [0.1, 0.15) is 20.8 Å². The zero-order chi connectivity index (χ0) is 7.28. The molecule has 50 valence electrons. The Morgan fingerprint density at radius 2 is 2.00 bits per heavy atom. The molecule has 0 bridgehead atoms. The smallest absolute Gasteiger partial charge is 0.117 e. The van der Waals surface area contributed by atoms with Crippen molar-refractivity contribution >= 4 is 11.5 Å². The molecule has 0 radical (unpaired) electrons. The molecule has 9 heavy (non-hydrogen) atoms. The van der Waals surface area contributed by atoms with E-state index < -0.39 is 0 Å². The first kappa shape index (κ1) is 8.08. The molecule has 0 saturated carbocycles. The molecule has 2 nitrogen and oxygen atoms in total. The normalized spacial score (nSPS) is 12.6. The molecule has 0 heterocycles. The summed E-state index contributed by atoms with van der Waals surface area (Å²) >= 11 is 0. The lowest BCUT2D eigenvalue weighted by atomic mass is 10.4. The Balaban J connectivity index is 4.00. The van der Waals surface area contributed by atoms with Gasteiger partial charge in [0.15, 0.2) is 0 Å². The number of allylic oxidation sites excluding steroid dienone is 2. The van der Waals surface area contributed by atoms with Crippen LogP contribution >= 0.6 is 0 Å². The maximum atomic E-state index is 6.98. The van der Waals surface area contributed by atoms with Gasteiger partial charge < -0.3 is 0 Å². The summed E-state index contributed by atoms with van der Waals surface area (Å²) in [4.78, 5) is 3.88. The van der Waals surface area contributed by atoms with Gasteiger partial charge in [-0.05, 0) is 26.8 Å². The van der Waals surface area contributed by atoms with Crippen molar-refractivity contribution in [2.75, 3.05) is 0 Å². The zero-order valence-electron chi connectivity index (χ0n) is 6.10. The summed E-state index contributed by atoms with van der Waals surface area (Å²) in [6.45, 7) is 5.46. The van der Waals surface area contributed by atoms with E-state index in [-0.39, 0.29) is 0 Å². The quantitative estimate of drug-likeness (QED) is 0.410. The van der Waals surface area contributed by atoms with E-state index in [1.54, 1.807) is 6.92 Å². The number of amidine groups is 1. The van der Waals surface area contributed by atoms with Gasteiger partial charge in [-0.3, -0.25) is 5.41 Å². The van der Waals surface area contributed by atoms with Crippen LogP contribution in [0.2, 0.25) is 0 Å². The summed E-state index contributed by atoms with van der Waals surface area (Å²) in [7, 11) is 0. The average molecular weight is 124 g/mol. The molecule has 0 amide bonds. The molecule has 0 unspecified atom stereocenters. The lowest BCUT2D eigenvalue weighted by Gasteiger charge is -1.87. The molecule has 0 spiro atoms. The van der Waals surface area contributed by atoms with Gasteiger partial charge in [-0.25, -0.2) is 4.99 Å². The number of nitrogens with one attached hydrogen (secondary N) is 1. The number of rotatable bonds is 1. The summed E-state index contributed by atoms with van der Waals surface area (Å²) in [5.74, 6) is 0.352. The van der Waals surface area contributed by atoms with Crippen LogP contribution < -0.4 is 0 Å². The summed E-state index contributed by atoms with van der Waals surface area (Å²) in [5.41, 5.74) is 0.880. The molecule has 0 fully saturated rings. The van der Waals surface area contributed by atoms with Crippen molar-refractivity contribution < 1.29 is 0 Å². The molecule has 1 N–H and O–H groups in total. The van der Waals surface area contributed by atoms with E-state index in [0.717, 1.165) is 5.71 Å². The van der Waals surface area contributed by atoms with E-state index in [0.29, 0.717) is 5.84 Å². The third-order valence-corrected chi connectivity index (χ3v) is 0.752. The summed E-state index contributed by atoms with van der Waals surface area (Å²) in [6, 6.07) is 0. The highest BCUT2D eigenvalue weighted by Crippen LogP contribution is 1.81. The average Bonchev–Trinajstić information content (AvgIpc) is 1.63. The van der Waals surface area contributed by atoms with Crippen molar-refractivity contribution in [3.8, 4) is 0 Å². The van der Waals surface area contributed by atoms with Crippen LogP contribution in [-0.2, 0) is 0 Å². The number of hydrogen-bond acceptors (Lipinski definition) is 1. The number of hydrogen-bond donors (Lipinski definition) is 1. The van der Waals surface area contributed by atoms with Crippen LogP contribution in [0.25, 0.3) is 0 Å². The van der Waals surface area contributed by atoms with Gasteiger partial charge in [-0.15, -0.1) is 0 Å². The van der Waals surface area contributed by atoms with Gasteiger partial charge in [0.25, 0.3) is 0 Å². The van der Waals surface area contributed by atoms with Gasteiger partial charge in [0.05, 0.1) is 0 Å². The van der Waals surface area contributed by atoms with E-state index in [1.807, 2.05) is 26.0 Å². The Labute approximate surface area is 55.8 Å². The Bertz CT molecular complexity index is 154. The topological polar surface area (TPSA) is 36.2 Å². The lowest BCUT2D eigenvalue weighted by Crippen LogP contribution is -1.89. The molecule has 0 aromatic heterocycles. The summed E-state index contributed by atoms with van der Waals surface area (Å²) < 4.78 is 0. The van der Waals surface area contributed by atoms with Crippen molar-refractivity contribution in [1.82, 2.24) is 0 Å². The van der Waals surface area contributed by atoms with Crippen molar-refractivity contribution in [3.05, 3.63) is 12.2 Å². The van der Waals surface area contributed by atoms with Gasteiger partial charge in [0.2, 0.25) is 0 Å². The maximum Gasteiger partial charge on any atom is 0.117 e. The first-order chi connectivity index (χ1) is 4.16. The Kier molecular flexibility index (Phi) is 3.60. The SMILES string of the molecule is C/C=C\C(C)=NC(C)=N. The molecule has 0 aliphatic rings. The molecule has 0 atom stereocenters. The predicted molar refractivity (Wildman–Crippen MR) is 41.3 cm³/mol. The number of nitrogens with zero attached hydrogens (tertiary/aromatic N) is 1. The largest absolute Gasteiger partial charge is 0.287 e. The fourth-order valence-electron chi connectivity index (χ4n) is 0.543. The molecular formula is C7H12N2. The second kappa shape index (κ2) is 4.01. The third kappa shape index (κ3) is 4.94. The van der Waals surface area contributed by atoms with Crippen LogP contribution in [0.15, 0.2) is 17.1 Å². The molecule has 0 aliphatic carbocycles. The highest BCUT2D eigenvalue weighted by atomic mass is 14.8. The van der Waals surface area contributed by atoms with Crippen molar-refractivity contribution in [1.29, 1.82) is 5.41 Å². The van der Waals surface area contributed by atoms with E-state index in [2.05, 4.69) is 4.99 Å². The fraction of sp³-hybridized carbons (Fsp3) is 0.429. The molecule has 0 aromatic carbocycles. The Morgan fingerprint density at radius 3 is 2.33 bits per heavy atom. The van der Waals surface area contributed by atoms with Gasteiger partial charge in [-0.2, -0.15) is 0 Å². The highest BCUT2D eigenvalue weighted by Gasteiger charge is 1.81.